The van der Waals surface area contributed by atoms with E-state index >= 15 is 0 Å². The van der Waals surface area contributed by atoms with E-state index in [-0.39, 0.29) is 5.82 Å². The Morgan fingerprint density at radius 1 is 1.12 bits per heavy atom. The highest BCUT2D eigenvalue weighted by molar-refractivity contribution is 5.68. The van der Waals surface area contributed by atoms with Gasteiger partial charge in [-0.15, -0.1) is 0 Å². The first-order valence-corrected chi connectivity index (χ1v) is 9.67. The van der Waals surface area contributed by atoms with Gasteiger partial charge in [0, 0.05) is 30.3 Å². The summed E-state index contributed by atoms with van der Waals surface area (Å²) in [6, 6.07) is 16.9. The maximum absolute atomic E-state index is 14.6. The van der Waals surface area contributed by atoms with Gasteiger partial charge in [0.25, 0.3) is 0 Å². The van der Waals surface area contributed by atoms with Gasteiger partial charge in [-0.25, -0.2) is 4.39 Å². The van der Waals surface area contributed by atoms with Crippen LogP contribution in [0.25, 0.3) is 5.57 Å². The second-order valence-electron chi connectivity index (χ2n) is 7.28. The van der Waals surface area contributed by atoms with E-state index in [9.17, 15) is 4.39 Å². The van der Waals surface area contributed by atoms with Gasteiger partial charge in [-0.1, -0.05) is 42.8 Å². The zero-order chi connectivity index (χ0) is 17.9. The van der Waals surface area contributed by atoms with Crippen LogP contribution in [0.3, 0.4) is 0 Å². The first kappa shape index (κ1) is 17.3. The normalized spacial score (nSPS) is 22.8. The molecular formula is C23H26FNO. The van der Waals surface area contributed by atoms with E-state index in [2.05, 4.69) is 41.3 Å². The standard InChI is InChI=1S/C23H26FNO/c1-2-26-21-11-12-22(23(24)15-21)18-13-19-9-6-10-20(14-18)25(19)16-17-7-4-3-5-8-17/h3-5,7-8,11-13,15,19-20H,2,6,9-10,14,16H2,1H3. The van der Waals surface area contributed by atoms with Crippen molar-refractivity contribution in [2.75, 3.05) is 6.61 Å². The Bertz CT molecular complexity index is 786. The molecule has 2 aromatic rings. The Kier molecular flexibility index (Phi) is 5.07. The summed E-state index contributed by atoms with van der Waals surface area (Å²) < 4.78 is 20.1. The minimum Gasteiger partial charge on any atom is -0.494 e. The lowest BCUT2D eigenvalue weighted by atomic mass is 9.82. The third-order valence-corrected chi connectivity index (χ3v) is 5.59. The summed E-state index contributed by atoms with van der Waals surface area (Å²) in [4.78, 5) is 2.61. The van der Waals surface area contributed by atoms with Crippen LogP contribution in [0.2, 0.25) is 0 Å². The van der Waals surface area contributed by atoms with Crippen molar-refractivity contribution in [3.63, 3.8) is 0 Å². The molecule has 4 rings (SSSR count). The highest BCUT2D eigenvalue weighted by atomic mass is 19.1. The van der Waals surface area contributed by atoms with Gasteiger partial charge in [0.2, 0.25) is 0 Å². The predicted molar refractivity (Wildman–Crippen MR) is 104 cm³/mol. The molecule has 2 aromatic carbocycles. The SMILES string of the molecule is CCOc1ccc(C2=CC3CCCC(C2)N3Cc2ccccc2)c(F)c1. The summed E-state index contributed by atoms with van der Waals surface area (Å²) in [6.45, 7) is 3.45. The molecule has 0 aliphatic carbocycles. The number of ether oxygens (including phenoxy) is 1. The largest absolute Gasteiger partial charge is 0.494 e. The smallest absolute Gasteiger partial charge is 0.134 e. The molecule has 2 bridgehead atoms. The Balaban J connectivity index is 1.58. The van der Waals surface area contributed by atoms with Crippen molar-refractivity contribution in [3.8, 4) is 5.75 Å². The van der Waals surface area contributed by atoms with E-state index in [0.29, 0.717) is 24.4 Å². The number of piperidine rings is 1. The molecule has 0 saturated carbocycles. The van der Waals surface area contributed by atoms with E-state index < -0.39 is 0 Å². The van der Waals surface area contributed by atoms with E-state index in [1.54, 1.807) is 0 Å². The number of hydrogen-bond acceptors (Lipinski definition) is 2. The lowest BCUT2D eigenvalue weighted by Gasteiger charge is -2.45. The molecule has 1 fully saturated rings. The van der Waals surface area contributed by atoms with Crippen LogP contribution in [0.1, 0.15) is 43.7 Å². The quantitative estimate of drug-likeness (QED) is 0.712. The molecule has 2 nitrogen and oxygen atoms in total. The molecule has 3 heteroatoms. The molecule has 0 N–H and O–H groups in total. The Morgan fingerprint density at radius 2 is 1.96 bits per heavy atom. The monoisotopic (exact) mass is 351 g/mol. The van der Waals surface area contributed by atoms with Crippen LogP contribution in [0.5, 0.6) is 5.75 Å². The fourth-order valence-electron chi connectivity index (χ4n) is 4.37. The third-order valence-electron chi connectivity index (χ3n) is 5.59. The second kappa shape index (κ2) is 7.63. The number of halogens is 1. The van der Waals surface area contributed by atoms with Crippen LogP contribution < -0.4 is 4.74 Å². The highest BCUT2D eigenvalue weighted by Gasteiger charge is 2.34. The molecule has 2 atom stereocenters. The van der Waals surface area contributed by atoms with Crippen molar-refractivity contribution in [2.45, 2.75) is 51.2 Å². The lowest BCUT2D eigenvalue weighted by Crippen LogP contribution is -2.47. The maximum Gasteiger partial charge on any atom is 0.134 e. The molecule has 1 saturated heterocycles. The number of fused-ring (bicyclic) bond motifs is 2. The number of nitrogens with zero attached hydrogens (tertiary/aromatic N) is 1. The van der Waals surface area contributed by atoms with Gasteiger partial charge in [-0.2, -0.15) is 0 Å². The summed E-state index contributed by atoms with van der Waals surface area (Å²) in [6.07, 6.45) is 6.84. The van der Waals surface area contributed by atoms with Gasteiger partial charge >= 0.3 is 0 Å². The van der Waals surface area contributed by atoms with Gasteiger partial charge in [-0.05, 0) is 49.5 Å². The molecule has 0 amide bonds. The predicted octanol–water partition coefficient (Wildman–Crippen LogP) is 5.43. The fraction of sp³-hybridized carbons (Fsp3) is 0.391. The lowest BCUT2D eigenvalue weighted by molar-refractivity contribution is 0.0950. The van der Waals surface area contributed by atoms with Gasteiger partial charge in [0.15, 0.2) is 0 Å². The molecule has 136 valence electrons. The highest BCUT2D eigenvalue weighted by Crippen LogP contribution is 2.39. The first-order chi connectivity index (χ1) is 12.7. The Hall–Kier alpha value is -2.13. The average molecular weight is 351 g/mol. The molecule has 26 heavy (non-hydrogen) atoms. The van der Waals surface area contributed by atoms with Crippen molar-refractivity contribution < 1.29 is 9.13 Å². The number of hydrogen-bond donors (Lipinski definition) is 0. The van der Waals surface area contributed by atoms with Gasteiger partial charge in [-0.3, -0.25) is 4.90 Å². The molecule has 0 aromatic heterocycles. The summed E-state index contributed by atoms with van der Waals surface area (Å²) in [7, 11) is 0. The third kappa shape index (κ3) is 3.54. The molecule has 0 spiro atoms. The van der Waals surface area contributed by atoms with Crippen molar-refractivity contribution in [1.82, 2.24) is 4.90 Å². The van der Waals surface area contributed by atoms with Crippen LogP contribution in [0.4, 0.5) is 4.39 Å². The molecule has 0 radical (unpaired) electrons. The van der Waals surface area contributed by atoms with Gasteiger partial charge < -0.3 is 4.74 Å². The second-order valence-corrected chi connectivity index (χ2v) is 7.28. The molecule has 2 heterocycles. The number of benzene rings is 2. The Labute approximate surface area is 155 Å². The topological polar surface area (TPSA) is 12.5 Å². The van der Waals surface area contributed by atoms with Crippen molar-refractivity contribution in [2.24, 2.45) is 0 Å². The van der Waals surface area contributed by atoms with Gasteiger partial charge in [0.05, 0.1) is 6.61 Å². The summed E-state index contributed by atoms with van der Waals surface area (Å²) >= 11 is 0. The minimum atomic E-state index is -0.170. The summed E-state index contributed by atoms with van der Waals surface area (Å²) in [5.74, 6) is 0.438. The van der Waals surface area contributed by atoms with E-state index in [4.69, 9.17) is 4.74 Å². The van der Waals surface area contributed by atoms with Crippen molar-refractivity contribution in [3.05, 3.63) is 71.6 Å². The molecule has 2 unspecified atom stereocenters. The first-order valence-electron chi connectivity index (χ1n) is 9.67. The summed E-state index contributed by atoms with van der Waals surface area (Å²) in [5, 5.41) is 0. The van der Waals surface area contributed by atoms with E-state index in [1.165, 1.54) is 24.5 Å². The van der Waals surface area contributed by atoms with Crippen molar-refractivity contribution in [1.29, 1.82) is 0 Å². The van der Waals surface area contributed by atoms with E-state index in [0.717, 1.165) is 30.5 Å². The molecule has 2 aliphatic heterocycles. The van der Waals surface area contributed by atoms with E-state index in [1.807, 2.05) is 19.1 Å². The maximum atomic E-state index is 14.6. The molecule has 2 aliphatic rings. The van der Waals surface area contributed by atoms with Crippen LogP contribution in [0, 0.1) is 5.82 Å². The van der Waals surface area contributed by atoms with Crippen LogP contribution in [-0.2, 0) is 6.54 Å². The van der Waals surface area contributed by atoms with Gasteiger partial charge in [0.1, 0.15) is 11.6 Å². The van der Waals surface area contributed by atoms with Crippen molar-refractivity contribution >= 4 is 5.57 Å². The Morgan fingerprint density at radius 3 is 2.69 bits per heavy atom. The zero-order valence-corrected chi connectivity index (χ0v) is 15.3. The fourth-order valence-corrected chi connectivity index (χ4v) is 4.37. The average Bonchev–Trinajstić information content (AvgIpc) is 2.63. The summed E-state index contributed by atoms with van der Waals surface area (Å²) in [5.41, 5.74) is 3.25. The molecular weight excluding hydrogens is 325 g/mol. The number of rotatable bonds is 5. The minimum absolute atomic E-state index is 0.170. The van der Waals surface area contributed by atoms with Crippen LogP contribution in [-0.4, -0.2) is 23.6 Å². The zero-order valence-electron chi connectivity index (χ0n) is 15.3. The van der Waals surface area contributed by atoms with Crippen LogP contribution >= 0.6 is 0 Å². The van der Waals surface area contributed by atoms with Crippen LogP contribution in [0.15, 0.2) is 54.6 Å².